The zero-order valence-corrected chi connectivity index (χ0v) is 16.0. The number of amides is 2. The fraction of sp³-hybridized carbons (Fsp3) is 0.550. The third-order valence-electron chi connectivity index (χ3n) is 5.02. The second-order valence-electron chi connectivity index (χ2n) is 7.17. The minimum Gasteiger partial charge on any atom is -0.480 e. The second kappa shape index (κ2) is 10.8. The van der Waals surface area contributed by atoms with Crippen molar-refractivity contribution in [1.82, 2.24) is 10.2 Å². The molecule has 2 rings (SSSR count). The molecule has 28 heavy (non-hydrogen) atoms. The molecule has 1 aliphatic rings. The summed E-state index contributed by atoms with van der Waals surface area (Å²) in [6, 6.07) is 6.88. The number of carbonyl (C=O) groups excluding carboxylic acids is 2. The molecule has 8 nitrogen and oxygen atoms in total. The zero-order chi connectivity index (χ0) is 20.5. The van der Waals surface area contributed by atoms with Crippen molar-refractivity contribution in [2.75, 3.05) is 13.1 Å². The highest BCUT2D eigenvalue weighted by Gasteiger charge is 2.37. The molecular weight excluding hydrogens is 360 g/mol. The van der Waals surface area contributed by atoms with Gasteiger partial charge in [0.15, 0.2) is 0 Å². The quantitative estimate of drug-likeness (QED) is 0.422. The van der Waals surface area contributed by atoms with E-state index in [1.807, 2.05) is 30.3 Å². The Kier molecular flexibility index (Phi) is 8.41. The minimum atomic E-state index is -1.02. The SMILES string of the molecule is NCCCCC(N)C(=O)NC(Cc1ccccc1)C(=O)N1CCCC1C(=O)O. The summed E-state index contributed by atoms with van der Waals surface area (Å²) in [5, 5.41) is 12.1. The highest BCUT2D eigenvalue weighted by molar-refractivity contribution is 5.92. The van der Waals surface area contributed by atoms with Crippen LogP contribution in [0.2, 0.25) is 0 Å². The highest BCUT2D eigenvalue weighted by atomic mass is 16.4. The molecule has 0 bridgehead atoms. The first kappa shape index (κ1) is 21.8. The van der Waals surface area contributed by atoms with Crippen LogP contribution in [0.1, 0.15) is 37.7 Å². The number of aliphatic carboxylic acids is 1. The van der Waals surface area contributed by atoms with Crippen LogP contribution in [-0.4, -0.2) is 59.0 Å². The molecule has 1 heterocycles. The minimum absolute atomic E-state index is 0.282. The average molecular weight is 390 g/mol. The van der Waals surface area contributed by atoms with Gasteiger partial charge in [-0.3, -0.25) is 9.59 Å². The van der Waals surface area contributed by atoms with Crippen molar-refractivity contribution in [2.45, 2.75) is 56.7 Å². The largest absolute Gasteiger partial charge is 0.480 e. The maximum absolute atomic E-state index is 13.1. The van der Waals surface area contributed by atoms with Crippen LogP contribution in [0.25, 0.3) is 0 Å². The molecule has 8 heteroatoms. The summed E-state index contributed by atoms with van der Waals surface area (Å²) in [6.07, 6.45) is 3.33. The molecule has 3 atom stereocenters. The van der Waals surface area contributed by atoms with Crippen LogP contribution in [-0.2, 0) is 20.8 Å². The van der Waals surface area contributed by atoms with Crippen molar-refractivity contribution >= 4 is 17.8 Å². The topological polar surface area (TPSA) is 139 Å². The Labute approximate surface area is 165 Å². The van der Waals surface area contributed by atoms with E-state index in [4.69, 9.17) is 11.5 Å². The molecule has 1 fully saturated rings. The summed E-state index contributed by atoms with van der Waals surface area (Å²) in [5.41, 5.74) is 12.3. The summed E-state index contributed by atoms with van der Waals surface area (Å²) >= 11 is 0. The van der Waals surface area contributed by atoms with Crippen LogP contribution in [0.3, 0.4) is 0 Å². The average Bonchev–Trinajstić information content (AvgIpc) is 3.18. The number of carboxylic acid groups (broad SMARTS) is 1. The third kappa shape index (κ3) is 6.03. The van der Waals surface area contributed by atoms with Crippen molar-refractivity contribution < 1.29 is 19.5 Å². The summed E-state index contributed by atoms with van der Waals surface area (Å²) in [7, 11) is 0. The van der Waals surface area contributed by atoms with Crippen molar-refractivity contribution in [1.29, 1.82) is 0 Å². The second-order valence-corrected chi connectivity index (χ2v) is 7.17. The molecule has 6 N–H and O–H groups in total. The molecule has 1 saturated heterocycles. The Balaban J connectivity index is 2.11. The van der Waals surface area contributed by atoms with Crippen molar-refractivity contribution in [3.05, 3.63) is 35.9 Å². The first-order valence-corrected chi connectivity index (χ1v) is 9.77. The van der Waals surface area contributed by atoms with Gasteiger partial charge in [-0.2, -0.15) is 0 Å². The van der Waals surface area contributed by atoms with Gasteiger partial charge in [-0.05, 0) is 37.8 Å². The Hall–Kier alpha value is -2.45. The predicted molar refractivity (Wildman–Crippen MR) is 105 cm³/mol. The van der Waals surface area contributed by atoms with Gasteiger partial charge < -0.3 is 26.8 Å². The molecular formula is C20H30N4O4. The number of benzene rings is 1. The lowest BCUT2D eigenvalue weighted by Crippen LogP contribution is -2.55. The van der Waals surface area contributed by atoms with Gasteiger partial charge >= 0.3 is 5.97 Å². The number of hydrogen-bond acceptors (Lipinski definition) is 5. The van der Waals surface area contributed by atoms with Crippen LogP contribution >= 0.6 is 0 Å². The molecule has 3 unspecified atom stereocenters. The fourth-order valence-electron chi connectivity index (χ4n) is 3.46. The van der Waals surface area contributed by atoms with Crippen molar-refractivity contribution in [2.24, 2.45) is 11.5 Å². The first-order chi connectivity index (χ1) is 13.4. The summed E-state index contributed by atoms with van der Waals surface area (Å²) in [4.78, 5) is 38.4. The van der Waals surface area contributed by atoms with E-state index in [1.54, 1.807) is 0 Å². The van der Waals surface area contributed by atoms with E-state index in [0.717, 1.165) is 18.4 Å². The van der Waals surface area contributed by atoms with Crippen LogP contribution in [0.4, 0.5) is 0 Å². The smallest absolute Gasteiger partial charge is 0.326 e. The van der Waals surface area contributed by atoms with E-state index in [-0.39, 0.29) is 12.3 Å². The van der Waals surface area contributed by atoms with Gasteiger partial charge in [-0.15, -0.1) is 0 Å². The number of rotatable bonds is 10. The summed E-state index contributed by atoms with van der Waals surface area (Å²) < 4.78 is 0. The first-order valence-electron chi connectivity index (χ1n) is 9.77. The number of nitrogens with zero attached hydrogens (tertiary/aromatic N) is 1. The van der Waals surface area contributed by atoms with Gasteiger partial charge in [-0.1, -0.05) is 36.8 Å². The van der Waals surface area contributed by atoms with Gasteiger partial charge in [0.25, 0.3) is 0 Å². The van der Waals surface area contributed by atoms with E-state index in [2.05, 4.69) is 5.32 Å². The molecule has 0 spiro atoms. The van der Waals surface area contributed by atoms with Gasteiger partial charge in [0.1, 0.15) is 12.1 Å². The highest BCUT2D eigenvalue weighted by Crippen LogP contribution is 2.19. The predicted octanol–water partition coefficient (Wildman–Crippen LogP) is 0.246. The molecule has 2 amide bonds. The van der Waals surface area contributed by atoms with Crippen LogP contribution in [0.5, 0.6) is 0 Å². The number of nitrogens with one attached hydrogen (secondary N) is 1. The summed E-state index contributed by atoms with van der Waals surface area (Å²) in [5.74, 6) is -1.80. The van der Waals surface area contributed by atoms with Crippen LogP contribution in [0.15, 0.2) is 30.3 Å². The van der Waals surface area contributed by atoms with Crippen molar-refractivity contribution in [3.8, 4) is 0 Å². The maximum atomic E-state index is 13.1. The number of carboxylic acids is 1. The van der Waals surface area contributed by atoms with Gasteiger partial charge in [0, 0.05) is 13.0 Å². The van der Waals surface area contributed by atoms with E-state index < -0.39 is 30.0 Å². The Bertz CT molecular complexity index is 667. The van der Waals surface area contributed by atoms with Crippen LogP contribution < -0.4 is 16.8 Å². The standard InChI is InChI=1S/C20H30N4O4/c21-11-5-4-9-15(22)18(25)23-16(13-14-7-2-1-3-8-14)19(26)24-12-6-10-17(24)20(27)28/h1-3,7-8,15-17H,4-6,9-13,21-22H2,(H,23,25)(H,27,28). The lowest BCUT2D eigenvalue weighted by Gasteiger charge is -2.28. The Morgan fingerprint density at radius 3 is 2.57 bits per heavy atom. The number of carbonyl (C=O) groups is 3. The molecule has 1 aromatic carbocycles. The molecule has 1 aromatic rings. The number of unbranched alkanes of at least 4 members (excludes halogenated alkanes) is 1. The monoisotopic (exact) mass is 390 g/mol. The van der Waals surface area contributed by atoms with Gasteiger partial charge in [0.2, 0.25) is 11.8 Å². The number of hydrogen-bond donors (Lipinski definition) is 4. The molecule has 0 aromatic heterocycles. The maximum Gasteiger partial charge on any atom is 0.326 e. The normalized spacial score (nSPS) is 18.5. The molecule has 0 aliphatic carbocycles. The van der Waals surface area contributed by atoms with Crippen molar-refractivity contribution in [3.63, 3.8) is 0 Å². The fourth-order valence-corrected chi connectivity index (χ4v) is 3.46. The lowest BCUT2D eigenvalue weighted by atomic mass is 10.0. The zero-order valence-electron chi connectivity index (χ0n) is 16.0. The summed E-state index contributed by atoms with van der Waals surface area (Å²) in [6.45, 7) is 0.911. The van der Waals surface area contributed by atoms with Gasteiger partial charge in [0.05, 0.1) is 6.04 Å². The van der Waals surface area contributed by atoms with Crippen LogP contribution in [0, 0.1) is 0 Å². The molecule has 154 valence electrons. The Morgan fingerprint density at radius 2 is 1.93 bits per heavy atom. The molecule has 0 radical (unpaired) electrons. The molecule has 1 aliphatic heterocycles. The van der Waals surface area contributed by atoms with E-state index in [0.29, 0.717) is 32.4 Å². The number of nitrogens with two attached hydrogens (primary N) is 2. The van der Waals surface area contributed by atoms with Gasteiger partial charge in [-0.25, -0.2) is 4.79 Å². The number of likely N-dealkylation sites (tertiary alicyclic amines) is 1. The lowest BCUT2D eigenvalue weighted by molar-refractivity contribution is -0.149. The third-order valence-corrected chi connectivity index (χ3v) is 5.02. The molecule has 0 saturated carbocycles. The van der Waals surface area contributed by atoms with E-state index >= 15 is 0 Å². The van der Waals surface area contributed by atoms with E-state index in [1.165, 1.54) is 4.90 Å². The van der Waals surface area contributed by atoms with E-state index in [9.17, 15) is 19.5 Å². The Morgan fingerprint density at radius 1 is 1.21 bits per heavy atom.